The minimum Gasteiger partial charge on any atom is -0.354 e. The van der Waals surface area contributed by atoms with Gasteiger partial charge in [0, 0.05) is 49.8 Å². The molecule has 1 aliphatic carbocycles. The topological polar surface area (TPSA) is 60.3 Å². The van der Waals surface area contributed by atoms with E-state index in [0.717, 1.165) is 0 Å². The van der Waals surface area contributed by atoms with E-state index in [1.54, 1.807) is 18.2 Å². The molecule has 0 radical (unpaired) electrons. The number of fused-ring (bicyclic) bond motifs is 9. The third-order valence-corrected chi connectivity index (χ3v) is 8.36. The summed E-state index contributed by atoms with van der Waals surface area (Å²) in [6.07, 6.45) is 7.38. The second-order valence-corrected chi connectivity index (χ2v) is 11.2. The molecule has 50 heavy (non-hydrogen) atoms. The number of halogens is 10. The van der Waals surface area contributed by atoms with Gasteiger partial charge in [0.25, 0.3) is 0 Å². The maximum Gasteiger partial charge on any atom is 0.200 e. The van der Waals surface area contributed by atoms with Crippen LogP contribution < -0.4 is 0 Å². The van der Waals surface area contributed by atoms with Gasteiger partial charge >= 0.3 is 0 Å². The molecule has 4 aromatic heterocycles. The Morgan fingerprint density at radius 2 is 0.760 bits per heavy atom. The van der Waals surface area contributed by atoms with E-state index in [9.17, 15) is 26.3 Å². The first-order valence-corrected chi connectivity index (χ1v) is 14.5. The molecule has 0 spiro atoms. The quantitative estimate of drug-likeness (QED) is 0.0734. The Morgan fingerprint density at radius 1 is 0.380 bits per heavy atom. The first-order chi connectivity index (χ1) is 24.0. The van der Waals surface area contributed by atoms with Gasteiger partial charge in [-0.15, -0.1) is 5.73 Å². The number of nitrogens with one attached hydrogen (secondary N) is 3. The van der Waals surface area contributed by atoms with E-state index in [4.69, 9.17) is 0 Å². The van der Waals surface area contributed by atoms with Crippen molar-refractivity contribution in [2.45, 2.75) is 0 Å². The van der Waals surface area contributed by atoms with Crippen molar-refractivity contribution in [3.8, 4) is 22.3 Å². The Morgan fingerprint density at radius 3 is 1.24 bits per heavy atom. The molecule has 0 fully saturated rings. The van der Waals surface area contributed by atoms with E-state index < -0.39 is 80.4 Å². The van der Waals surface area contributed by atoms with Gasteiger partial charge in [0.2, 0.25) is 11.6 Å². The van der Waals surface area contributed by atoms with Gasteiger partial charge in [-0.3, -0.25) is 0 Å². The summed E-state index contributed by atoms with van der Waals surface area (Å²) in [7, 11) is 0. The predicted octanol–water partition coefficient (Wildman–Crippen LogP) is 10.5. The van der Waals surface area contributed by atoms with Crippen molar-refractivity contribution in [3.63, 3.8) is 0 Å². The molecule has 8 rings (SSSR count). The molecule has 3 N–H and O–H groups in total. The third kappa shape index (κ3) is 4.45. The van der Waals surface area contributed by atoms with Crippen LogP contribution in [0, 0.1) is 58.2 Å². The maximum absolute atomic E-state index is 15.4. The number of hydrogen-bond donors (Lipinski definition) is 3. The van der Waals surface area contributed by atoms with Gasteiger partial charge < -0.3 is 15.0 Å². The molecule has 2 aliphatic rings. The highest BCUT2D eigenvalue weighted by atomic mass is 19.2. The van der Waals surface area contributed by atoms with Gasteiger partial charge in [-0.25, -0.2) is 48.9 Å². The molecule has 4 nitrogen and oxygen atoms in total. The monoisotopic (exact) mass is 692 g/mol. The first kappa shape index (κ1) is 31.0. The van der Waals surface area contributed by atoms with Crippen LogP contribution in [0.25, 0.3) is 73.1 Å². The van der Waals surface area contributed by atoms with Crippen molar-refractivity contribution in [2.75, 3.05) is 0 Å². The zero-order chi connectivity index (χ0) is 35.2. The Kier molecular flexibility index (Phi) is 6.91. The van der Waals surface area contributed by atoms with Gasteiger partial charge in [-0.05, 0) is 60.7 Å². The highest BCUT2D eigenvalue weighted by Gasteiger charge is 2.31. The Bertz CT molecular complexity index is 2700. The molecule has 8 bridgehead atoms. The molecule has 6 aromatic rings. The number of hydrogen-bond acceptors (Lipinski definition) is 1. The van der Waals surface area contributed by atoms with Gasteiger partial charge in [0.15, 0.2) is 46.5 Å². The average molecular weight is 693 g/mol. The summed E-state index contributed by atoms with van der Waals surface area (Å²) >= 11 is 0. The first-order valence-electron chi connectivity index (χ1n) is 14.5. The minimum absolute atomic E-state index is 0.0249. The fraction of sp³-hybridized carbons (Fsp3) is 0. The highest BCUT2D eigenvalue weighted by Crippen LogP contribution is 2.40. The third-order valence-electron chi connectivity index (χ3n) is 8.36. The van der Waals surface area contributed by atoms with Crippen molar-refractivity contribution in [1.29, 1.82) is 0 Å². The fourth-order valence-electron chi connectivity index (χ4n) is 6.10. The summed E-state index contributed by atoms with van der Waals surface area (Å²) in [4.78, 5) is 13.1. The van der Waals surface area contributed by atoms with Crippen LogP contribution in [0.15, 0.2) is 60.4 Å². The zero-order valence-corrected chi connectivity index (χ0v) is 24.6. The van der Waals surface area contributed by atoms with E-state index in [0.29, 0.717) is 11.1 Å². The van der Waals surface area contributed by atoms with Crippen LogP contribution in [-0.2, 0) is 0 Å². The van der Waals surface area contributed by atoms with Gasteiger partial charge in [-0.2, -0.15) is 0 Å². The number of benzene rings is 2. The van der Waals surface area contributed by atoms with Crippen LogP contribution in [0.4, 0.5) is 43.9 Å². The molecule has 0 saturated heterocycles. The second kappa shape index (κ2) is 11.1. The molecule has 0 saturated carbocycles. The van der Waals surface area contributed by atoms with Gasteiger partial charge in [0.05, 0.1) is 28.0 Å². The maximum atomic E-state index is 15.4. The van der Waals surface area contributed by atoms with Crippen LogP contribution in [0.2, 0.25) is 0 Å². The van der Waals surface area contributed by atoms with Gasteiger partial charge in [-0.1, -0.05) is 6.08 Å². The van der Waals surface area contributed by atoms with Crippen molar-refractivity contribution in [2.24, 2.45) is 0 Å². The second-order valence-electron chi connectivity index (χ2n) is 11.2. The number of aromatic nitrogens is 4. The summed E-state index contributed by atoms with van der Waals surface area (Å²) in [5, 5.41) is 0. The lowest BCUT2D eigenvalue weighted by Crippen LogP contribution is -2.05. The molecule has 0 unspecified atom stereocenters. The van der Waals surface area contributed by atoms with Crippen LogP contribution in [-0.4, -0.2) is 19.9 Å². The summed E-state index contributed by atoms with van der Waals surface area (Å²) in [6, 6.07) is 8.20. The van der Waals surface area contributed by atoms with E-state index >= 15 is 17.6 Å². The predicted molar refractivity (Wildman–Crippen MR) is 166 cm³/mol. The fourth-order valence-corrected chi connectivity index (χ4v) is 6.10. The molecule has 248 valence electrons. The van der Waals surface area contributed by atoms with E-state index in [2.05, 4.69) is 25.7 Å². The molecule has 14 heteroatoms. The molecule has 2 aromatic carbocycles. The lowest BCUT2D eigenvalue weighted by molar-refractivity contribution is 0.381. The van der Waals surface area contributed by atoms with Gasteiger partial charge in [0.1, 0.15) is 0 Å². The molecular weight excluding hydrogens is 678 g/mol. The van der Waals surface area contributed by atoms with E-state index in [1.807, 2.05) is 0 Å². The minimum atomic E-state index is -2.35. The number of allylic oxidation sites excluding steroid dienone is 3. The van der Waals surface area contributed by atoms with Crippen molar-refractivity contribution >= 4 is 50.8 Å². The Labute approximate surface area is 272 Å². The number of rotatable bonds is 3. The van der Waals surface area contributed by atoms with E-state index in [-0.39, 0.29) is 44.5 Å². The van der Waals surface area contributed by atoms with E-state index in [1.165, 1.54) is 48.6 Å². The Balaban J connectivity index is 1.60. The normalized spacial score (nSPS) is 13.0. The molecule has 1 aliphatic heterocycles. The number of H-pyrrole nitrogens is 3. The van der Waals surface area contributed by atoms with Crippen LogP contribution in [0.3, 0.4) is 0 Å². The standard InChI is InChI=1S/C36H14F10N4/c37-27-25(28(38)32(42)35(45)31(27)41)23-18-7-5-14(47-18)15-6-8-19(48-15)24(26-29(39)33(43)36(46)34(44)30(26)40)21-12-10-17(50-21)22(13-3-1-2-4-13)16-9-11-20(23)49-16/h1-3,5-12,47,49-50H. The Hall–Kier alpha value is -6.27. The van der Waals surface area contributed by atoms with Crippen LogP contribution in [0.1, 0.15) is 17.0 Å². The lowest BCUT2D eigenvalue weighted by Gasteiger charge is -2.10. The van der Waals surface area contributed by atoms with Crippen molar-refractivity contribution in [1.82, 2.24) is 19.9 Å². The highest BCUT2D eigenvalue weighted by molar-refractivity contribution is 6.00. The molecule has 0 amide bonds. The van der Waals surface area contributed by atoms with Crippen LogP contribution in [0.5, 0.6) is 0 Å². The molecule has 5 heterocycles. The smallest absolute Gasteiger partial charge is 0.200 e. The summed E-state index contributed by atoms with van der Waals surface area (Å²) in [5.74, 6) is -21.8. The van der Waals surface area contributed by atoms with Crippen molar-refractivity contribution in [3.05, 3.63) is 135 Å². The summed E-state index contributed by atoms with van der Waals surface area (Å²) < 4.78 is 148. The number of nitrogens with zero attached hydrogens (tertiary/aromatic N) is 1. The summed E-state index contributed by atoms with van der Waals surface area (Å²) in [5.41, 5.74) is 0.184. The zero-order valence-electron chi connectivity index (χ0n) is 24.6. The largest absolute Gasteiger partial charge is 0.354 e. The molecular formula is C36H14F10N4. The molecule has 0 atom stereocenters. The summed E-state index contributed by atoms with van der Waals surface area (Å²) in [6.45, 7) is 0. The van der Waals surface area contributed by atoms with Crippen molar-refractivity contribution < 1.29 is 43.9 Å². The lowest BCUT2D eigenvalue weighted by atomic mass is 10.0. The van der Waals surface area contributed by atoms with Crippen LogP contribution >= 0.6 is 0 Å². The SMILES string of the molecule is Fc1c(F)c(F)c(-c2c3nc(c4ccc([nH]4)c(-c4c(F)c(F)c(F)c(F)c4F)c4ccc([nH]4)c(C4=C=CC=C4)c4ccc2[nH]4)C=C3)c(F)c1F. The number of aromatic amines is 3. The average Bonchev–Trinajstić information content (AvgIpc) is 3.96.